The lowest BCUT2D eigenvalue weighted by atomic mass is 10.2. The van der Waals surface area contributed by atoms with E-state index in [1.165, 1.54) is 6.08 Å². The van der Waals surface area contributed by atoms with Gasteiger partial charge in [-0.2, -0.15) is 0 Å². The Hall–Kier alpha value is -2.46. The predicted molar refractivity (Wildman–Crippen MR) is 88.7 cm³/mol. The van der Waals surface area contributed by atoms with E-state index in [0.717, 1.165) is 5.56 Å². The van der Waals surface area contributed by atoms with Crippen LogP contribution in [0.1, 0.15) is 5.56 Å². The lowest BCUT2D eigenvalue weighted by Crippen LogP contribution is -2.07. The Morgan fingerprint density at radius 1 is 1.14 bits per heavy atom. The summed E-state index contributed by atoms with van der Waals surface area (Å²) in [6, 6.07) is 12.4. The normalized spacial score (nSPS) is 10.5. The highest BCUT2D eigenvalue weighted by Gasteiger charge is 2.03. The van der Waals surface area contributed by atoms with Crippen molar-refractivity contribution in [3.63, 3.8) is 0 Å². The van der Waals surface area contributed by atoms with E-state index in [-0.39, 0.29) is 5.91 Å². The molecule has 0 aromatic heterocycles. The van der Waals surface area contributed by atoms with Crippen molar-refractivity contribution in [2.24, 2.45) is 0 Å². The molecule has 1 amide bonds. The van der Waals surface area contributed by atoms with Gasteiger partial charge in [-0.15, -0.1) is 0 Å². The van der Waals surface area contributed by atoms with Crippen LogP contribution in [0.5, 0.6) is 11.5 Å². The van der Waals surface area contributed by atoms with Gasteiger partial charge < -0.3 is 14.8 Å². The van der Waals surface area contributed by atoms with Gasteiger partial charge in [0.05, 0.1) is 14.2 Å². The van der Waals surface area contributed by atoms with Crippen molar-refractivity contribution in [2.45, 2.75) is 0 Å². The average molecular weight is 318 g/mol. The number of rotatable bonds is 5. The van der Waals surface area contributed by atoms with Crippen molar-refractivity contribution >= 4 is 29.3 Å². The standard InChI is InChI=1S/C17H16ClNO3/c1-21-15-5-3-4-14(11-15)19-17(20)9-6-12-10-13(18)7-8-16(12)22-2/h3-11H,1-2H3,(H,19,20)/b9-6+. The molecule has 2 aromatic carbocycles. The van der Waals surface area contributed by atoms with Gasteiger partial charge in [0.2, 0.25) is 5.91 Å². The molecule has 114 valence electrons. The largest absolute Gasteiger partial charge is 0.497 e. The fourth-order valence-corrected chi connectivity index (χ4v) is 2.07. The van der Waals surface area contributed by atoms with Gasteiger partial charge in [0.1, 0.15) is 11.5 Å². The maximum Gasteiger partial charge on any atom is 0.248 e. The molecule has 0 radical (unpaired) electrons. The van der Waals surface area contributed by atoms with Gasteiger partial charge in [-0.25, -0.2) is 0 Å². The number of methoxy groups -OCH3 is 2. The summed E-state index contributed by atoms with van der Waals surface area (Å²) in [7, 11) is 3.14. The second kappa shape index (κ2) is 7.52. The van der Waals surface area contributed by atoms with Gasteiger partial charge in [0, 0.05) is 28.4 Å². The highest BCUT2D eigenvalue weighted by atomic mass is 35.5. The highest BCUT2D eigenvalue weighted by Crippen LogP contribution is 2.24. The summed E-state index contributed by atoms with van der Waals surface area (Å²) in [4.78, 5) is 12.0. The molecule has 5 heteroatoms. The lowest BCUT2D eigenvalue weighted by molar-refractivity contribution is -0.111. The second-order valence-corrected chi connectivity index (χ2v) is 4.88. The first-order valence-electron chi connectivity index (χ1n) is 6.59. The quantitative estimate of drug-likeness (QED) is 0.848. The van der Waals surface area contributed by atoms with Crippen LogP contribution in [-0.2, 0) is 4.79 Å². The summed E-state index contributed by atoms with van der Waals surface area (Å²) >= 11 is 5.95. The van der Waals surface area contributed by atoms with E-state index in [1.54, 1.807) is 56.7 Å². The van der Waals surface area contributed by atoms with Crippen molar-refractivity contribution in [3.05, 3.63) is 59.1 Å². The molecule has 0 unspecified atom stereocenters. The number of carbonyl (C=O) groups is 1. The Balaban J connectivity index is 2.09. The number of anilines is 1. The first kappa shape index (κ1) is 15.9. The molecule has 0 aliphatic carbocycles. The Bertz CT molecular complexity index is 698. The van der Waals surface area contributed by atoms with Crippen molar-refractivity contribution in [2.75, 3.05) is 19.5 Å². The molecule has 2 aromatic rings. The zero-order chi connectivity index (χ0) is 15.9. The van der Waals surface area contributed by atoms with E-state index in [4.69, 9.17) is 21.1 Å². The molecule has 0 saturated heterocycles. The van der Waals surface area contributed by atoms with Crippen LogP contribution in [0.4, 0.5) is 5.69 Å². The number of carbonyl (C=O) groups excluding carboxylic acids is 1. The summed E-state index contributed by atoms with van der Waals surface area (Å²) in [5.41, 5.74) is 1.39. The number of halogens is 1. The fourth-order valence-electron chi connectivity index (χ4n) is 1.89. The van der Waals surface area contributed by atoms with Gasteiger partial charge >= 0.3 is 0 Å². The molecule has 0 aliphatic rings. The summed E-state index contributed by atoms with van der Waals surface area (Å²) in [5, 5.41) is 3.34. The van der Waals surface area contributed by atoms with E-state index in [1.807, 2.05) is 6.07 Å². The third-order valence-electron chi connectivity index (χ3n) is 2.94. The predicted octanol–water partition coefficient (Wildman–Crippen LogP) is 4.01. The smallest absolute Gasteiger partial charge is 0.248 e. The summed E-state index contributed by atoms with van der Waals surface area (Å²) in [6.45, 7) is 0. The van der Waals surface area contributed by atoms with Gasteiger partial charge in [-0.1, -0.05) is 17.7 Å². The van der Waals surface area contributed by atoms with E-state index >= 15 is 0 Å². The monoisotopic (exact) mass is 317 g/mol. The van der Waals surface area contributed by atoms with E-state index < -0.39 is 0 Å². The Morgan fingerprint density at radius 2 is 1.95 bits per heavy atom. The SMILES string of the molecule is COc1cccc(NC(=O)/C=C/c2cc(Cl)ccc2OC)c1. The maximum absolute atomic E-state index is 12.0. The minimum Gasteiger partial charge on any atom is -0.497 e. The zero-order valence-corrected chi connectivity index (χ0v) is 13.1. The highest BCUT2D eigenvalue weighted by molar-refractivity contribution is 6.30. The Kier molecular flexibility index (Phi) is 5.44. The van der Waals surface area contributed by atoms with Gasteiger partial charge in [0.25, 0.3) is 0 Å². The summed E-state index contributed by atoms with van der Waals surface area (Å²) < 4.78 is 10.3. The van der Waals surface area contributed by atoms with E-state index in [0.29, 0.717) is 22.2 Å². The number of nitrogens with one attached hydrogen (secondary N) is 1. The minimum atomic E-state index is -0.254. The molecule has 0 bridgehead atoms. The third kappa shape index (κ3) is 4.27. The summed E-state index contributed by atoms with van der Waals surface area (Å²) in [6.07, 6.45) is 3.08. The van der Waals surface area contributed by atoms with Crippen molar-refractivity contribution in [3.8, 4) is 11.5 Å². The molecule has 4 nitrogen and oxygen atoms in total. The van der Waals surface area contributed by atoms with Crippen LogP contribution in [0.25, 0.3) is 6.08 Å². The van der Waals surface area contributed by atoms with Gasteiger partial charge in [0.15, 0.2) is 0 Å². The molecule has 2 rings (SSSR count). The van der Waals surface area contributed by atoms with E-state index in [2.05, 4.69) is 5.32 Å². The molecule has 0 saturated carbocycles. The van der Waals surface area contributed by atoms with Crippen LogP contribution in [0.3, 0.4) is 0 Å². The molecular formula is C17H16ClNO3. The van der Waals surface area contributed by atoms with E-state index in [9.17, 15) is 4.79 Å². The Labute approximate surface area is 134 Å². The average Bonchev–Trinajstić information content (AvgIpc) is 2.53. The van der Waals surface area contributed by atoms with Crippen LogP contribution in [0, 0.1) is 0 Å². The van der Waals surface area contributed by atoms with Crippen molar-refractivity contribution in [1.82, 2.24) is 0 Å². The first-order chi connectivity index (χ1) is 10.6. The van der Waals surface area contributed by atoms with Crippen LogP contribution in [0.15, 0.2) is 48.5 Å². The second-order valence-electron chi connectivity index (χ2n) is 4.44. The fraction of sp³-hybridized carbons (Fsp3) is 0.118. The molecule has 0 aliphatic heterocycles. The molecule has 0 fully saturated rings. The maximum atomic E-state index is 12.0. The molecule has 1 N–H and O–H groups in total. The molecular weight excluding hydrogens is 302 g/mol. The van der Waals surface area contributed by atoms with Crippen LogP contribution in [-0.4, -0.2) is 20.1 Å². The van der Waals surface area contributed by atoms with Crippen molar-refractivity contribution in [1.29, 1.82) is 0 Å². The number of benzene rings is 2. The first-order valence-corrected chi connectivity index (χ1v) is 6.97. The topological polar surface area (TPSA) is 47.6 Å². The van der Waals surface area contributed by atoms with Gasteiger partial charge in [-0.05, 0) is 36.4 Å². The van der Waals surface area contributed by atoms with Crippen molar-refractivity contribution < 1.29 is 14.3 Å². The molecule has 0 heterocycles. The number of amides is 1. The third-order valence-corrected chi connectivity index (χ3v) is 3.18. The van der Waals surface area contributed by atoms with Crippen LogP contribution >= 0.6 is 11.6 Å². The zero-order valence-electron chi connectivity index (χ0n) is 12.3. The molecule has 0 spiro atoms. The Morgan fingerprint density at radius 3 is 2.68 bits per heavy atom. The number of ether oxygens (including phenoxy) is 2. The minimum absolute atomic E-state index is 0.254. The lowest BCUT2D eigenvalue weighted by Gasteiger charge is -2.06. The molecule has 0 atom stereocenters. The molecule has 22 heavy (non-hydrogen) atoms. The summed E-state index contributed by atoms with van der Waals surface area (Å²) in [5.74, 6) is 1.07. The van der Waals surface area contributed by atoms with Crippen LogP contribution < -0.4 is 14.8 Å². The number of hydrogen-bond donors (Lipinski definition) is 1. The van der Waals surface area contributed by atoms with Crippen LogP contribution in [0.2, 0.25) is 5.02 Å². The van der Waals surface area contributed by atoms with Gasteiger partial charge in [-0.3, -0.25) is 4.79 Å². The number of hydrogen-bond acceptors (Lipinski definition) is 3.